The highest BCUT2D eigenvalue weighted by molar-refractivity contribution is 6.34. The highest BCUT2D eigenvalue weighted by Gasteiger charge is 2.56. The van der Waals surface area contributed by atoms with Crippen LogP contribution in [0.25, 0.3) is 0 Å². The van der Waals surface area contributed by atoms with E-state index >= 15 is 0 Å². The zero-order valence-corrected chi connectivity index (χ0v) is 15.7. The third-order valence-corrected chi connectivity index (χ3v) is 4.98. The molecule has 0 radical (unpaired) electrons. The number of amides is 2. The summed E-state index contributed by atoms with van der Waals surface area (Å²) in [6, 6.07) is 11.8. The van der Waals surface area contributed by atoms with E-state index < -0.39 is 17.3 Å². The lowest BCUT2D eigenvalue weighted by Gasteiger charge is -2.17. The summed E-state index contributed by atoms with van der Waals surface area (Å²) in [4.78, 5) is 37.2. The van der Waals surface area contributed by atoms with Crippen molar-refractivity contribution in [1.29, 1.82) is 0 Å². The number of para-hydroxylation sites is 1. The normalized spacial score (nSPS) is 14.2. The number of nitrogens with one attached hydrogen (secondary N) is 2. The zero-order valence-electron chi connectivity index (χ0n) is 15.0. The summed E-state index contributed by atoms with van der Waals surface area (Å²) in [5.41, 5.74) is 0.974. The van der Waals surface area contributed by atoms with Crippen molar-refractivity contribution >= 4 is 40.8 Å². The van der Waals surface area contributed by atoms with Crippen LogP contribution in [0.1, 0.15) is 28.8 Å². The van der Waals surface area contributed by atoms with Crippen molar-refractivity contribution in [1.82, 2.24) is 0 Å². The Morgan fingerprint density at radius 3 is 2.22 bits per heavy atom. The minimum atomic E-state index is -1.13. The predicted molar refractivity (Wildman–Crippen MR) is 103 cm³/mol. The third-order valence-electron chi connectivity index (χ3n) is 4.65. The fourth-order valence-corrected chi connectivity index (χ4v) is 2.91. The quantitative estimate of drug-likeness (QED) is 0.604. The number of benzene rings is 2. The van der Waals surface area contributed by atoms with Gasteiger partial charge in [-0.3, -0.25) is 9.59 Å². The van der Waals surface area contributed by atoms with Crippen molar-refractivity contribution in [2.75, 3.05) is 17.7 Å². The Balaban J connectivity index is 1.77. The van der Waals surface area contributed by atoms with Crippen LogP contribution in [-0.2, 0) is 14.3 Å². The Bertz CT molecular complexity index is 922. The van der Waals surface area contributed by atoms with Gasteiger partial charge in [0.15, 0.2) is 0 Å². The average molecular weight is 387 g/mol. The van der Waals surface area contributed by atoms with Crippen molar-refractivity contribution in [2.24, 2.45) is 5.41 Å². The highest BCUT2D eigenvalue weighted by atomic mass is 35.5. The number of carbonyl (C=O) groups is 3. The summed E-state index contributed by atoms with van der Waals surface area (Å²) in [5, 5.41) is 5.77. The maximum Gasteiger partial charge on any atom is 0.337 e. The largest absolute Gasteiger partial charge is 0.465 e. The van der Waals surface area contributed by atoms with Crippen LogP contribution in [0.3, 0.4) is 0 Å². The molecule has 1 aliphatic rings. The highest BCUT2D eigenvalue weighted by Crippen LogP contribution is 2.48. The summed E-state index contributed by atoms with van der Waals surface area (Å²) in [6.45, 7) is 1.88. The SMILES string of the molecule is COC(=O)c1ccc(Cl)c(NC(=O)C2(C(=O)Nc3ccccc3C)CC2)c1. The van der Waals surface area contributed by atoms with Gasteiger partial charge in [-0.15, -0.1) is 0 Å². The number of rotatable bonds is 5. The maximum atomic E-state index is 12.8. The molecule has 2 N–H and O–H groups in total. The van der Waals surface area contributed by atoms with Crippen LogP contribution in [0.5, 0.6) is 0 Å². The van der Waals surface area contributed by atoms with Crippen LogP contribution in [0.4, 0.5) is 11.4 Å². The smallest absolute Gasteiger partial charge is 0.337 e. The van der Waals surface area contributed by atoms with Gasteiger partial charge in [0.05, 0.1) is 23.4 Å². The second-order valence-corrected chi connectivity index (χ2v) is 6.90. The molecule has 6 nitrogen and oxygen atoms in total. The van der Waals surface area contributed by atoms with E-state index in [1.54, 1.807) is 6.07 Å². The van der Waals surface area contributed by atoms with Gasteiger partial charge in [-0.2, -0.15) is 0 Å². The molecule has 1 fully saturated rings. The number of esters is 1. The molecule has 7 heteroatoms. The van der Waals surface area contributed by atoms with Crippen LogP contribution < -0.4 is 10.6 Å². The Morgan fingerprint density at radius 2 is 1.63 bits per heavy atom. The second kappa shape index (κ2) is 7.40. The second-order valence-electron chi connectivity index (χ2n) is 6.49. The molecule has 2 aromatic carbocycles. The summed E-state index contributed by atoms with van der Waals surface area (Å²) in [7, 11) is 1.27. The molecule has 0 aromatic heterocycles. The summed E-state index contributed by atoms with van der Waals surface area (Å²) in [5.74, 6) is -1.34. The molecule has 0 spiro atoms. The minimum absolute atomic E-state index is 0.256. The van der Waals surface area contributed by atoms with E-state index in [2.05, 4.69) is 15.4 Å². The van der Waals surface area contributed by atoms with E-state index in [0.29, 0.717) is 18.5 Å². The minimum Gasteiger partial charge on any atom is -0.465 e. The number of hydrogen-bond donors (Lipinski definition) is 2. The third kappa shape index (κ3) is 3.80. The Hall–Kier alpha value is -2.86. The maximum absolute atomic E-state index is 12.8. The van der Waals surface area contributed by atoms with Crippen LogP contribution in [-0.4, -0.2) is 24.9 Å². The van der Waals surface area contributed by atoms with Gasteiger partial charge in [-0.05, 0) is 49.6 Å². The molecule has 1 saturated carbocycles. The summed E-state index contributed by atoms with van der Waals surface area (Å²) in [6.07, 6.45) is 0.899. The first-order valence-electron chi connectivity index (χ1n) is 8.44. The molecular formula is C20H19ClN2O4. The predicted octanol–water partition coefficient (Wildman–Crippen LogP) is 3.79. The Kier molecular flexibility index (Phi) is 5.19. The van der Waals surface area contributed by atoms with Crippen LogP contribution in [0, 0.1) is 12.3 Å². The van der Waals surface area contributed by atoms with Gasteiger partial charge in [0.25, 0.3) is 0 Å². The van der Waals surface area contributed by atoms with Gasteiger partial charge in [-0.1, -0.05) is 29.8 Å². The van der Waals surface area contributed by atoms with E-state index in [1.807, 2.05) is 25.1 Å². The lowest BCUT2D eigenvalue weighted by atomic mass is 10.0. The lowest BCUT2D eigenvalue weighted by molar-refractivity contribution is -0.131. The molecule has 0 saturated heterocycles. The first kappa shape index (κ1) is 18.9. The number of methoxy groups -OCH3 is 1. The number of halogens is 1. The van der Waals surface area contributed by atoms with Crippen molar-refractivity contribution in [3.63, 3.8) is 0 Å². The molecule has 0 unspecified atom stereocenters. The van der Waals surface area contributed by atoms with E-state index in [9.17, 15) is 14.4 Å². The fraction of sp³-hybridized carbons (Fsp3) is 0.250. The number of carbonyl (C=O) groups excluding carboxylic acids is 3. The van der Waals surface area contributed by atoms with Gasteiger partial charge >= 0.3 is 5.97 Å². The number of aryl methyl sites for hydroxylation is 1. The van der Waals surface area contributed by atoms with Crippen molar-refractivity contribution in [2.45, 2.75) is 19.8 Å². The number of anilines is 2. The summed E-state index contributed by atoms with van der Waals surface area (Å²) < 4.78 is 4.67. The summed E-state index contributed by atoms with van der Waals surface area (Å²) >= 11 is 6.12. The Morgan fingerprint density at radius 1 is 1.00 bits per heavy atom. The molecule has 2 aromatic rings. The number of hydrogen-bond acceptors (Lipinski definition) is 4. The van der Waals surface area contributed by atoms with Gasteiger partial charge in [0, 0.05) is 5.69 Å². The molecule has 2 amide bonds. The zero-order chi connectivity index (χ0) is 19.6. The number of ether oxygens (including phenoxy) is 1. The first-order valence-corrected chi connectivity index (χ1v) is 8.81. The van der Waals surface area contributed by atoms with Crippen LogP contribution >= 0.6 is 11.6 Å². The molecule has 0 bridgehead atoms. The fourth-order valence-electron chi connectivity index (χ4n) is 2.75. The standard InChI is InChI=1S/C20H19ClN2O4/c1-12-5-3-4-6-15(12)22-18(25)20(9-10-20)19(26)23-16-11-13(17(24)27-2)7-8-14(16)21/h3-8,11H,9-10H2,1-2H3,(H,22,25)(H,23,26). The van der Waals surface area contributed by atoms with Gasteiger partial charge < -0.3 is 15.4 Å². The molecular weight excluding hydrogens is 368 g/mol. The Labute approximate surface area is 161 Å². The van der Waals surface area contributed by atoms with Crippen LogP contribution in [0.15, 0.2) is 42.5 Å². The van der Waals surface area contributed by atoms with E-state index in [-0.39, 0.29) is 22.2 Å². The molecule has 0 atom stereocenters. The average Bonchev–Trinajstić information content (AvgIpc) is 3.47. The molecule has 140 valence electrons. The van der Waals surface area contributed by atoms with Gasteiger partial charge in [0.1, 0.15) is 5.41 Å². The molecule has 1 aliphatic carbocycles. The van der Waals surface area contributed by atoms with E-state index in [4.69, 9.17) is 11.6 Å². The van der Waals surface area contributed by atoms with Crippen molar-refractivity contribution < 1.29 is 19.1 Å². The molecule has 0 heterocycles. The van der Waals surface area contributed by atoms with E-state index in [0.717, 1.165) is 5.56 Å². The van der Waals surface area contributed by atoms with Crippen LogP contribution in [0.2, 0.25) is 5.02 Å². The monoisotopic (exact) mass is 386 g/mol. The lowest BCUT2D eigenvalue weighted by Crippen LogP contribution is -2.36. The van der Waals surface area contributed by atoms with Crippen molar-refractivity contribution in [3.8, 4) is 0 Å². The van der Waals surface area contributed by atoms with E-state index in [1.165, 1.54) is 25.3 Å². The molecule has 3 rings (SSSR count). The molecule has 0 aliphatic heterocycles. The topological polar surface area (TPSA) is 84.5 Å². The van der Waals surface area contributed by atoms with Gasteiger partial charge in [-0.25, -0.2) is 4.79 Å². The van der Waals surface area contributed by atoms with Gasteiger partial charge in [0.2, 0.25) is 11.8 Å². The molecule has 27 heavy (non-hydrogen) atoms. The first-order chi connectivity index (χ1) is 12.9. The van der Waals surface area contributed by atoms with Crippen molar-refractivity contribution in [3.05, 3.63) is 58.6 Å².